The summed E-state index contributed by atoms with van der Waals surface area (Å²) in [7, 11) is 0. The summed E-state index contributed by atoms with van der Waals surface area (Å²) in [5, 5.41) is 50.2. The molecule has 9 heteroatoms. The van der Waals surface area contributed by atoms with Crippen molar-refractivity contribution in [1.29, 1.82) is 0 Å². The second kappa shape index (κ2) is 8.75. The average molecular weight is 386 g/mol. The number of rotatable bonds is 6. The summed E-state index contributed by atoms with van der Waals surface area (Å²) in [6, 6.07) is 2.51. The number of carbonyl (C=O) groups is 1. The lowest BCUT2D eigenvalue weighted by Crippen LogP contribution is -2.60. The van der Waals surface area contributed by atoms with Crippen LogP contribution >= 0.6 is 0 Å². The number of hydrogen-bond acceptors (Lipinski definition) is 9. The molecule has 9 nitrogen and oxygen atoms in total. The third-order valence-corrected chi connectivity index (χ3v) is 4.58. The Balaban J connectivity index is 2.28. The van der Waals surface area contributed by atoms with Crippen LogP contribution in [0.1, 0.15) is 38.7 Å². The van der Waals surface area contributed by atoms with Gasteiger partial charge in [0.05, 0.1) is 0 Å². The molecule has 1 aromatic rings. The van der Waals surface area contributed by atoms with Crippen molar-refractivity contribution in [2.45, 2.75) is 63.8 Å². The molecule has 1 saturated heterocycles. The molecule has 0 saturated carbocycles. The van der Waals surface area contributed by atoms with Gasteiger partial charge in [0.1, 0.15) is 36.8 Å². The first-order chi connectivity index (χ1) is 12.6. The maximum Gasteiger partial charge on any atom is 0.302 e. The van der Waals surface area contributed by atoms with E-state index in [9.17, 15) is 30.3 Å². The summed E-state index contributed by atoms with van der Waals surface area (Å²) in [5.41, 5.74) is 0.489. The smallest absolute Gasteiger partial charge is 0.302 e. The molecule has 6 atom stereocenters. The van der Waals surface area contributed by atoms with Crippen LogP contribution < -0.4 is 4.74 Å². The fraction of sp³-hybridized carbons (Fsp3) is 0.611. The summed E-state index contributed by atoms with van der Waals surface area (Å²) < 4.78 is 15.9. The number of aliphatic hydroxyl groups excluding tert-OH is 3. The van der Waals surface area contributed by atoms with Crippen LogP contribution in [0.5, 0.6) is 17.2 Å². The topological polar surface area (TPSA) is 146 Å². The number of hydrogen-bond donors (Lipinski definition) is 5. The van der Waals surface area contributed by atoms with Crippen molar-refractivity contribution in [3.63, 3.8) is 0 Å². The van der Waals surface area contributed by atoms with Crippen molar-refractivity contribution in [2.24, 2.45) is 0 Å². The lowest BCUT2D eigenvalue weighted by molar-refractivity contribution is -0.278. The number of aliphatic hydroxyl groups is 3. The number of esters is 1. The Bertz CT molecular complexity index is 662. The molecule has 27 heavy (non-hydrogen) atoms. The number of phenols is 2. The fourth-order valence-corrected chi connectivity index (χ4v) is 2.80. The zero-order valence-corrected chi connectivity index (χ0v) is 15.4. The Hall–Kier alpha value is -2.07. The highest BCUT2D eigenvalue weighted by molar-refractivity contribution is 5.65. The second-order valence-corrected chi connectivity index (χ2v) is 6.63. The molecule has 0 aliphatic carbocycles. The molecule has 0 aromatic heterocycles. The predicted octanol–water partition coefficient (Wildman–Crippen LogP) is 0.361. The van der Waals surface area contributed by atoms with Gasteiger partial charge >= 0.3 is 5.97 Å². The second-order valence-electron chi connectivity index (χ2n) is 6.63. The van der Waals surface area contributed by atoms with Crippen molar-refractivity contribution in [3.05, 3.63) is 17.7 Å². The Morgan fingerprint density at radius 1 is 1.19 bits per heavy atom. The van der Waals surface area contributed by atoms with Crippen LogP contribution in [-0.2, 0) is 14.3 Å². The number of benzene rings is 1. The molecular weight excluding hydrogens is 360 g/mol. The van der Waals surface area contributed by atoms with Gasteiger partial charge in [-0.15, -0.1) is 0 Å². The van der Waals surface area contributed by atoms with E-state index in [2.05, 4.69) is 0 Å². The molecule has 0 radical (unpaired) electrons. The monoisotopic (exact) mass is 386 g/mol. The molecule has 0 amide bonds. The van der Waals surface area contributed by atoms with E-state index in [1.165, 1.54) is 13.0 Å². The van der Waals surface area contributed by atoms with E-state index in [0.29, 0.717) is 12.0 Å². The Labute approximate surface area is 156 Å². The SMILES string of the molecule is CCC(C)c1cc(O)cc(O)c1OC1OC(COC(C)=O)C(O)C(O)C1O. The van der Waals surface area contributed by atoms with Gasteiger partial charge in [-0.1, -0.05) is 13.8 Å². The standard InChI is InChI=1S/C18H26O9/c1-4-8(2)11-5-10(20)6-12(21)17(11)27-18-16(24)15(23)14(22)13(26-18)7-25-9(3)19/h5-6,8,13-16,18,20-24H,4,7H2,1-3H3. The van der Waals surface area contributed by atoms with Gasteiger partial charge in [-0.05, 0) is 18.4 Å². The summed E-state index contributed by atoms with van der Waals surface area (Å²) in [6.45, 7) is 4.61. The van der Waals surface area contributed by atoms with Crippen molar-refractivity contribution in [3.8, 4) is 17.2 Å². The van der Waals surface area contributed by atoms with E-state index >= 15 is 0 Å². The first-order valence-electron chi connectivity index (χ1n) is 8.71. The van der Waals surface area contributed by atoms with E-state index in [1.54, 1.807) is 0 Å². The highest BCUT2D eigenvalue weighted by Gasteiger charge is 2.45. The van der Waals surface area contributed by atoms with E-state index in [4.69, 9.17) is 14.2 Å². The zero-order chi connectivity index (χ0) is 20.3. The van der Waals surface area contributed by atoms with Gasteiger partial charge in [0.25, 0.3) is 0 Å². The summed E-state index contributed by atoms with van der Waals surface area (Å²) in [5.74, 6) is -1.21. The van der Waals surface area contributed by atoms with Crippen LogP contribution in [0.4, 0.5) is 0 Å². The van der Waals surface area contributed by atoms with Crippen LogP contribution in [-0.4, -0.2) is 68.8 Å². The molecule has 6 unspecified atom stereocenters. The molecule has 1 aliphatic heterocycles. The van der Waals surface area contributed by atoms with Crippen molar-refractivity contribution in [2.75, 3.05) is 6.61 Å². The number of aromatic hydroxyl groups is 2. The fourth-order valence-electron chi connectivity index (χ4n) is 2.80. The first kappa shape index (κ1) is 21.2. The third kappa shape index (κ3) is 4.81. The minimum atomic E-state index is -1.62. The quantitative estimate of drug-likeness (QED) is 0.437. The van der Waals surface area contributed by atoms with Crippen molar-refractivity contribution < 1.29 is 44.5 Å². The van der Waals surface area contributed by atoms with Crippen LogP contribution in [0.3, 0.4) is 0 Å². The highest BCUT2D eigenvalue weighted by atomic mass is 16.7. The zero-order valence-electron chi connectivity index (χ0n) is 15.4. The van der Waals surface area contributed by atoms with E-state index in [0.717, 1.165) is 6.07 Å². The largest absolute Gasteiger partial charge is 0.508 e. The van der Waals surface area contributed by atoms with Gasteiger partial charge < -0.3 is 39.7 Å². The number of ether oxygens (including phenoxy) is 3. The lowest BCUT2D eigenvalue weighted by Gasteiger charge is -2.40. The van der Waals surface area contributed by atoms with Crippen molar-refractivity contribution >= 4 is 5.97 Å². The van der Waals surface area contributed by atoms with E-state index in [-0.39, 0.29) is 29.8 Å². The molecule has 152 valence electrons. The molecule has 1 aliphatic rings. The summed E-state index contributed by atoms with van der Waals surface area (Å²) >= 11 is 0. The van der Waals surface area contributed by atoms with Crippen molar-refractivity contribution in [1.82, 2.24) is 0 Å². The lowest BCUT2D eigenvalue weighted by atomic mass is 9.96. The predicted molar refractivity (Wildman–Crippen MR) is 92.4 cm³/mol. The molecule has 5 N–H and O–H groups in total. The van der Waals surface area contributed by atoms with Crippen LogP contribution in [0.15, 0.2) is 12.1 Å². The highest BCUT2D eigenvalue weighted by Crippen LogP contribution is 2.41. The number of phenolic OH excluding ortho intramolecular Hbond substituents is 2. The minimum Gasteiger partial charge on any atom is -0.508 e. The molecule has 1 aromatic carbocycles. The maximum absolute atomic E-state index is 11.0. The van der Waals surface area contributed by atoms with Crippen LogP contribution in [0.25, 0.3) is 0 Å². The Morgan fingerprint density at radius 2 is 1.85 bits per heavy atom. The third-order valence-electron chi connectivity index (χ3n) is 4.58. The van der Waals surface area contributed by atoms with Gasteiger partial charge in [-0.2, -0.15) is 0 Å². The molecule has 2 rings (SSSR count). The minimum absolute atomic E-state index is 0.0129. The van der Waals surface area contributed by atoms with Gasteiger partial charge in [-0.3, -0.25) is 4.79 Å². The summed E-state index contributed by atoms with van der Waals surface area (Å²) in [6.07, 6.45) is -6.63. The van der Waals surface area contributed by atoms with Gasteiger partial charge in [0.2, 0.25) is 6.29 Å². The Kier molecular flexibility index (Phi) is 6.88. The van der Waals surface area contributed by atoms with Gasteiger partial charge in [0.15, 0.2) is 11.5 Å². The van der Waals surface area contributed by atoms with Crippen LogP contribution in [0.2, 0.25) is 0 Å². The van der Waals surface area contributed by atoms with E-state index in [1.807, 2.05) is 13.8 Å². The normalized spacial score (nSPS) is 29.2. The van der Waals surface area contributed by atoms with Gasteiger partial charge in [-0.25, -0.2) is 0 Å². The van der Waals surface area contributed by atoms with E-state index < -0.39 is 36.7 Å². The first-order valence-corrected chi connectivity index (χ1v) is 8.71. The molecular formula is C18H26O9. The maximum atomic E-state index is 11.0. The molecule has 1 heterocycles. The van der Waals surface area contributed by atoms with Crippen LogP contribution in [0, 0.1) is 0 Å². The molecule has 0 bridgehead atoms. The van der Waals surface area contributed by atoms with Gasteiger partial charge in [0, 0.05) is 18.6 Å². The number of carbonyl (C=O) groups excluding carboxylic acids is 1. The summed E-state index contributed by atoms with van der Waals surface area (Å²) in [4.78, 5) is 11.0. The average Bonchev–Trinajstić information content (AvgIpc) is 2.61. The molecule has 1 fully saturated rings. The Morgan fingerprint density at radius 3 is 2.44 bits per heavy atom. The molecule has 0 spiro atoms.